The molecule has 1 aromatic rings. The van der Waals surface area contributed by atoms with E-state index >= 15 is 0 Å². The Balaban J connectivity index is 0.000000500. The number of hydrogen-bond acceptors (Lipinski definition) is 1. The summed E-state index contributed by atoms with van der Waals surface area (Å²) in [4.78, 5) is 0. The van der Waals surface area contributed by atoms with E-state index in [2.05, 4.69) is 53.0 Å². The van der Waals surface area contributed by atoms with Crippen LogP contribution in [0.25, 0.3) is 0 Å². The Hall–Kier alpha value is 0.820. The summed E-state index contributed by atoms with van der Waals surface area (Å²) in [6.45, 7) is 6.51. The Labute approximate surface area is 108 Å². The minimum absolute atomic E-state index is 0.250. The van der Waals surface area contributed by atoms with Gasteiger partial charge >= 0.3 is 40.5 Å². The molecule has 5 heteroatoms. The molecule has 0 saturated carbocycles. The van der Waals surface area contributed by atoms with Crippen molar-refractivity contribution in [3.8, 4) is 5.75 Å². The van der Waals surface area contributed by atoms with E-state index in [0.717, 1.165) is 5.75 Å². The Kier molecular flexibility index (Phi) is 8.50. The van der Waals surface area contributed by atoms with Crippen molar-refractivity contribution < 1.29 is 17.6 Å². The fourth-order valence-electron chi connectivity index (χ4n) is 0.793. The van der Waals surface area contributed by atoms with Crippen LogP contribution in [0.4, 0.5) is 0 Å². The molecule has 0 aliphatic carbocycles. The van der Waals surface area contributed by atoms with Gasteiger partial charge in [-0.3, -0.25) is 0 Å². The molecule has 0 unspecified atom stereocenters. The zero-order chi connectivity index (χ0) is 11.0. The Morgan fingerprint density at radius 2 is 1.64 bits per heavy atom. The molecule has 0 spiro atoms. The average Bonchev–Trinajstić information content (AvgIpc) is 2.04. The van der Waals surface area contributed by atoms with Gasteiger partial charge in [-0.05, 0) is 37.8 Å². The monoisotopic (exact) mass is 387 g/mol. The standard InChI is InChI=1S/C9H13OSi.2BrH.Zn/c1-11(2,3)10-9-7-5-4-6-8-9;;;/h5-8H,1-3H3;2*1H;/q;;;+2/p-2. The molecule has 0 heterocycles. The first-order valence-corrected chi connectivity index (χ1v) is 21.6. The first-order chi connectivity index (χ1) is 6.49. The summed E-state index contributed by atoms with van der Waals surface area (Å²) in [5.74, 6) is 0.961. The van der Waals surface area contributed by atoms with Crippen molar-refractivity contribution in [3.05, 3.63) is 30.3 Å². The van der Waals surface area contributed by atoms with Gasteiger partial charge in [0.05, 0.1) is 0 Å². The molecule has 0 N–H and O–H groups in total. The maximum atomic E-state index is 5.72. The van der Waals surface area contributed by atoms with Crippen LogP contribution in [-0.4, -0.2) is 8.32 Å². The molecule has 0 amide bonds. The third-order valence-electron chi connectivity index (χ3n) is 1.11. The van der Waals surface area contributed by atoms with Crippen LogP contribution in [0, 0.1) is 6.07 Å². The van der Waals surface area contributed by atoms with E-state index < -0.39 is 8.32 Å². The van der Waals surface area contributed by atoms with Crippen molar-refractivity contribution in [2.45, 2.75) is 19.6 Å². The number of halogens is 2. The van der Waals surface area contributed by atoms with Crippen LogP contribution in [0.1, 0.15) is 0 Å². The van der Waals surface area contributed by atoms with Gasteiger partial charge in [0.15, 0.2) is 0 Å². The number of rotatable bonds is 2. The van der Waals surface area contributed by atoms with Gasteiger partial charge in [0.1, 0.15) is 5.75 Å². The molecular weight excluding hydrogens is 377 g/mol. The van der Waals surface area contributed by atoms with E-state index in [4.69, 9.17) is 4.43 Å². The van der Waals surface area contributed by atoms with Crippen LogP contribution >= 0.6 is 27.2 Å². The maximum absolute atomic E-state index is 5.72. The Morgan fingerprint density at radius 3 is 2.00 bits per heavy atom. The van der Waals surface area contributed by atoms with Gasteiger partial charge in [-0.15, -0.1) is 0 Å². The van der Waals surface area contributed by atoms with Crippen LogP contribution in [0.15, 0.2) is 24.3 Å². The predicted molar refractivity (Wildman–Crippen MR) is 67.1 cm³/mol. The predicted octanol–water partition coefficient (Wildman–Crippen LogP) is 4.39. The molecule has 0 saturated heterocycles. The molecule has 1 nitrogen and oxygen atoms in total. The first-order valence-electron chi connectivity index (χ1n) is 4.26. The average molecular weight is 390 g/mol. The molecule has 1 aromatic carbocycles. The van der Waals surface area contributed by atoms with E-state index in [0.29, 0.717) is 0 Å². The van der Waals surface area contributed by atoms with Gasteiger partial charge < -0.3 is 4.43 Å². The summed E-state index contributed by atoms with van der Waals surface area (Å²) in [5, 5.41) is 0. The second kappa shape index (κ2) is 8.03. The van der Waals surface area contributed by atoms with Crippen molar-refractivity contribution in [1.29, 1.82) is 0 Å². The fraction of sp³-hybridized carbons (Fsp3) is 0.333. The zero-order valence-corrected chi connectivity index (χ0v) is 15.8. The van der Waals surface area contributed by atoms with Gasteiger partial charge in [-0.1, -0.05) is 12.1 Å². The number of benzene rings is 1. The van der Waals surface area contributed by atoms with Crippen molar-refractivity contribution in [1.82, 2.24) is 0 Å². The SMILES string of the molecule is C[Si](C)(C)Oc1cc[c]cc1.[Br][Zn][Br]. The summed E-state index contributed by atoms with van der Waals surface area (Å²) < 4.78 is 5.72. The molecule has 0 aliphatic heterocycles. The molecule has 0 fully saturated rings. The quantitative estimate of drug-likeness (QED) is 0.681. The number of hydrogen-bond donors (Lipinski definition) is 0. The van der Waals surface area contributed by atoms with Gasteiger partial charge in [-0.25, -0.2) is 0 Å². The van der Waals surface area contributed by atoms with Crippen molar-refractivity contribution in [2.75, 3.05) is 0 Å². The van der Waals surface area contributed by atoms with Crippen molar-refractivity contribution in [3.63, 3.8) is 0 Å². The Morgan fingerprint density at radius 1 is 1.21 bits per heavy atom. The third-order valence-corrected chi connectivity index (χ3v) is 1.96. The Bertz CT molecular complexity index is 238. The molecule has 14 heavy (non-hydrogen) atoms. The summed E-state index contributed by atoms with van der Waals surface area (Å²) >= 11 is 6.25. The van der Waals surface area contributed by atoms with E-state index in [9.17, 15) is 0 Å². The van der Waals surface area contributed by atoms with Gasteiger partial charge in [0, 0.05) is 0 Å². The topological polar surface area (TPSA) is 9.23 Å². The van der Waals surface area contributed by atoms with Crippen LogP contribution in [-0.2, 0) is 13.2 Å². The van der Waals surface area contributed by atoms with E-state index in [1.807, 2.05) is 24.3 Å². The molecule has 1 radical (unpaired) electrons. The van der Waals surface area contributed by atoms with Crippen LogP contribution in [0.2, 0.25) is 19.6 Å². The van der Waals surface area contributed by atoms with Crippen LogP contribution in [0.3, 0.4) is 0 Å². The summed E-state index contributed by atoms with van der Waals surface area (Å²) in [6, 6.07) is 10.6. The van der Waals surface area contributed by atoms with Gasteiger partial charge in [-0.2, -0.15) is 0 Å². The van der Waals surface area contributed by atoms with Crippen molar-refractivity contribution >= 4 is 35.6 Å². The van der Waals surface area contributed by atoms with E-state index in [-0.39, 0.29) is 13.2 Å². The molecule has 0 atom stereocenters. The molecule has 1 rings (SSSR count). The fourth-order valence-corrected chi connectivity index (χ4v) is 1.64. The first kappa shape index (κ1) is 14.8. The molecule has 75 valence electrons. The summed E-state index contributed by atoms with van der Waals surface area (Å²) in [6.07, 6.45) is 0. The molecule has 0 aromatic heterocycles. The zero-order valence-electron chi connectivity index (χ0n) is 8.68. The third kappa shape index (κ3) is 9.38. The second-order valence-corrected chi connectivity index (χ2v) is 22.1. The van der Waals surface area contributed by atoms with Crippen molar-refractivity contribution in [2.24, 2.45) is 0 Å². The minimum atomic E-state index is -1.41. The molecule has 0 aliphatic rings. The van der Waals surface area contributed by atoms with E-state index in [1.54, 1.807) is 0 Å². The van der Waals surface area contributed by atoms with Gasteiger partial charge in [0.2, 0.25) is 8.32 Å². The second-order valence-electron chi connectivity index (χ2n) is 3.55. The van der Waals surface area contributed by atoms with Crippen LogP contribution < -0.4 is 4.43 Å². The van der Waals surface area contributed by atoms with E-state index in [1.165, 1.54) is 0 Å². The van der Waals surface area contributed by atoms with Gasteiger partial charge in [0.25, 0.3) is 0 Å². The summed E-state index contributed by atoms with van der Waals surface area (Å²) in [5.41, 5.74) is 0. The molecule has 0 bridgehead atoms. The normalized spacial score (nSPS) is 9.50. The molecular formula is C9H13Br2OSiZn. The van der Waals surface area contributed by atoms with Crippen LogP contribution in [0.5, 0.6) is 5.75 Å². The summed E-state index contributed by atoms with van der Waals surface area (Å²) in [7, 11) is -1.41.